The van der Waals surface area contributed by atoms with Crippen molar-refractivity contribution in [3.05, 3.63) is 80.4 Å². The van der Waals surface area contributed by atoms with Crippen LogP contribution >= 0.6 is 27.3 Å². The highest BCUT2D eigenvalue weighted by molar-refractivity contribution is 9.10. The fourth-order valence-corrected chi connectivity index (χ4v) is 4.57. The van der Waals surface area contributed by atoms with Crippen molar-refractivity contribution in [3.63, 3.8) is 0 Å². The molecule has 0 saturated carbocycles. The van der Waals surface area contributed by atoms with Crippen LogP contribution in [0.2, 0.25) is 0 Å². The van der Waals surface area contributed by atoms with Crippen molar-refractivity contribution < 1.29 is 23.8 Å². The number of thiophene rings is 1. The van der Waals surface area contributed by atoms with E-state index in [2.05, 4.69) is 15.9 Å². The number of carbonyl (C=O) groups excluding carboxylic acids is 2. The number of ketones is 1. The Morgan fingerprint density at radius 2 is 2.10 bits per heavy atom. The molecule has 3 heterocycles. The maximum absolute atomic E-state index is 12.9. The smallest absolute Gasteiger partial charge is 0.296 e. The van der Waals surface area contributed by atoms with Crippen LogP contribution in [0, 0.1) is 0 Å². The van der Waals surface area contributed by atoms with Crippen LogP contribution < -0.4 is 4.74 Å². The van der Waals surface area contributed by atoms with E-state index in [-0.39, 0.29) is 17.9 Å². The second-order valence-corrected chi connectivity index (χ2v) is 8.26. The van der Waals surface area contributed by atoms with Crippen molar-refractivity contribution in [1.82, 2.24) is 4.90 Å². The molecule has 6 nitrogen and oxygen atoms in total. The van der Waals surface area contributed by atoms with Gasteiger partial charge in [-0.3, -0.25) is 9.59 Å². The first kappa shape index (κ1) is 19.5. The number of ether oxygens (including phenoxy) is 1. The molecule has 1 saturated heterocycles. The van der Waals surface area contributed by atoms with Gasteiger partial charge in [0.25, 0.3) is 11.7 Å². The summed E-state index contributed by atoms with van der Waals surface area (Å²) in [6.45, 7) is 0.247. The van der Waals surface area contributed by atoms with Crippen LogP contribution in [0.1, 0.15) is 22.2 Å². The van der Waals surface area contributed by atoms with E-state index in [0.717, 1.165) is 4.88 Å². The summed E-state index contributed by atoms with van der Waals surface area (Å²) < 4.78 is 11.4. The fourth-order valence-electron chi connectivity index (χ4n) is 3.33. The van der Waals surface area contributed by atoms with Gasteiger partial charge in [-0.05, 0) is 57.7 Å². The summed E-state index contributed by atoms with van der Waals surface area (Å²) in [4.78, 5) is 28.1. The van der Waals surface area contributed by atoms with Crippen molar-refractivity contribution in [1.29, 1.82) is 0 Å². The molecule has 0 aliphatic carbocycles. The van der Waals surface area contributed by atoms with Crippen LogP contribution in [0.3, 0.4) is 0 Å². The van der Waals surface area contributed by atoms with E-state index < -0.39 is 17.7 Å². The van der Waals surface area contributed by atoms with Crippen molar-refractivity contribution >= 4 is 44.7 Å². The summed E-state index contributed by atoms with van der Waals surface area (Å²) in [7, 11) is 1.53. The molecule has 1 amide bonds. The van der Waals surface area contributed by atoms with Crippen LogP contribution in [0.4, 0.5) is 0 Å². The second kappa shape index (κ2) is 7.88. The number of rotatable bonds is 5. The van der Waals surface area contributed by atoms with Gasteiger partial charge in [0, 0.05) is 10.4 Å². The number of methoxy groups -OCH3 is 1. The molecule has 1 N–H and O–H groups in total. The maximum Gasteiger partial charge on any atom is 0.296 e. The molecule has 1 atom stereocenters. The zero-order chi connectivity index (χ0) is 20.5. The fraction of sp³-hybridized carbons (Fsp3) is 0.143. The molecule has 2 aromatic heterocycles. The molecule has 1 aliphatic heterocycles. The lowest BCUT2D eigenvalue weighted by Crippen LogP contribution is -2.28. The monoisotopic (exact) mass is 473 g/mol. The van der Waals surface area contributed by atoms with Crippen molar-refractivity contribution in [2.45, 2.75) is 12.6 Å². The van der Waals surface area contributed by atoms with E-state index in [0.29, 0.717) is 21.5 Å². The van der Waals surface area contributed by atoms with Gasteiger partial charge in [-0.25, -0.2) is 0 Å². The normalized spacial score (nSPS) is 18.4. The lowest BCUT2D eigenvalue weighted by molar-refractivity contribution is -0.140. The summed E-state index contributed by atoms with van der Waals surface area (Å²) in [5.74, 6) is -0.680. The minimum absolute atomic E-state index is 0.00132. The Morgan fingerprint density at radius 3 is 2.72 bits per heavy atom. The summed E-state index contributed by atoms with van der Waals surface area (Å²) in [5, 5.41) is 12.9. The number of hydrogen-bond acceptors (Lipinski definition) is 6. The quantitative estimate of drug-likeness (QED) is 0.329. The predicted octanol–water partition coefficient (Wildman–Crippen LogP) is 4.73. The molecule has 0 spiro atoms. The number of aliphatic hydroxyl groups excluding tert-OH is 1. The topological polar surface area (TPSA) is 80.0 Å². The maximum atomic E-state index is 12.9. The lowest BCUT2D eigenvalue weighted by atomic mass is 9.99. The van der Waals surface area contributed by atoms with Crippen LogP contribution in [0.5, 0.6) is 5.75 Å². The first-order valence-corrected chi connectivity index (χ1v) is 10.4. The molecule has 0 radical (unpaired) electrons. The number of halogens is 1. The largest absolute Gasteiger partial charge is 0.507 e. The molecule has 1 unspecified atom stereocenters. The van der Waals surface area contributed by atoms with Crippen LogP contribution in [0.25, 0.3) is 5.76 Å². The van der Waals surface area contributed by atoms with E-state index in [4.69, 9.17) is 9.15 Å². The van der Waals surface area contributed by atoms with Crippen molar-refractivity contribution in [3.8, 4) is 5.75 Å². The molecule has 1 aromatic carbocycles. The van der Waals surface area contributed by atoms with Crippen molar-refractivity contribution in [2.75, 3.05) is 7.11 Å². The molecular weight excluding hydrogens is 458 g/mol. The molecule has 1 aliphatic rings. The summed E-state index contributed by atoms with van der Waals surface area (Å²) in [5.41, 5.74) is 0.391. The highest BCUT2D eigenvalue weighted by Crippen LogP contribution is 2.41. The SMILES string of the molecule is COc1ccc(/C(O)=C2/C(=O)C(=O)N(Cc3cccs3)C2c2ccco2)cc1Br. The Labute approximate surface area is 179 Å². The molecule has 29 heavy (non-hydrogen) atoms. The molecule has 0 bridgehead atoms. The number of aliphatic hydroxyl groups is 1. The second-order valence-electron chi connectivity index (χ2n) is 6.37. The third kappa shape index (κ3) is 3.49. The van der Waals surface area contributed by atoms with Gasteiger partial charge in [-0.15, -0.1) is 11.3 Å². The zero-order valence-corrected chi connectivity index (χ0v) is 17.7. The van der Waals surface area contributed by atoms with Crippen LogP contribution in [0.15, 0.2) is 68.6 Å². The van der Waals surface area contributed by atoms with Gasteiger partial charge in [0.1, 0.15) is 23.3 Å². The van der Waals surface area contributed by atoms with Gasteiger partial charge in [-0.1, -0.05) is 6.07 Å². The highest BCUT2D eigenvalue weighted by Gasteiger charge is 2.47. The minimum Gasteiger partial charge on any atom is -0.507 e. The van der Waals surface area contributed by atoms with Crippen LogP contribution in [-0.4, -0.2) is 28.8 Å². The molecule has 3 aromatic rings. The number of amides is 1. The Morgan fingerprint density at radius 1 is 1.28 bits per heavy atom. The van der Waals surface area contributed by atoms with Gasteiger partial charge in [0.15, 0.2) is 0 Å². The molecule has 8 heteroatoms. The average Bonchev–Trinajstić information content (AvgIpc) is 3.46. The van der Waals surface area contributed by atoms with Gasteiger partial charge in [0.2, 0.25) is 0 Å². The van der Waals surface area contributed by atoms with E-state index in [1.165, 1.54) is 29.6 Å². The predicted molar refractivity (Wildman–Crippen MR) is 112 cm³/mol. The minimum atomic E-state index is -0.812. The highest BCUT2D eigenvalue weighted by atomic mass is 79.9. The number of likely N-dealkylation sites (tertiary alicyclic amines) is 1. The van der Waals surface area contributed by atoms with E-state index in [1.807, 2.05) is 17.5 Å². The van der Waals surface area contributed by atoms with Gasteiger partial charge >= 0.3 is 0 Å². The first-order valence-electron chi connectivity index (χ1n) is 8.69. The number of nitrogens with zero attached hydrogens (tertiary/aromatic N) is 1. The third-order valence-electron chi connectivity index (χ3n) is 4.68. The van der Waals surface area contributed by atoms with Gasteiger partial charge in [0.05, 0.1) is 30.0 Å². The Hall–Kier alpha value is -2.84. The number of hydrogen-bond donors (Lipinski definition) is 1. The van der Waals surface area contributed by atoms with Crippen LogP contribution in [-0.2, 0) is 16.1 Å². The molecule has 148 valence electrons. The average molecular weight is 474 g/mol. The zero-order valence-electron chi connectivity index (χ0n) is 15.3. The number of benzene rings is 1. The summed E-state index contributed by atoms with van der Waals surface area (Å²) in [6.07, 6.45) is 1.48. The summed E-state index contributed by atoms with van der Waals surface area (Å²) >= 11 is 4.87. The standard InChI is InChI=1S/C21H16BrNO5S/c1-27-15-7-6-12(10-14(15)22)19(24)17-18(16-5-2-8-28-16)23(21(26)20(17)25)11-13-4-3-9-29-13/h2-10,18,24H,11H2,1H3/b19-17-. The number of carbonyl (C=O) groups is 2. The van der Waals surface area contributed by atoms with Crippen molar-refractivity contribution in [2.24, 2.45) is 0 Å². The van der Waals surface area contributed by atoms with Gasteiger partial charge in [-0.2, -0.15) is 0 Å². The van der Waals surface area contributed by atoms with E-state index in [9.17, 15) is 14.7 Å². The molecular formula is C21H16BrNO5S. The molecule has 1 fully saturated rings. The molecule has 4 rings (SSSR count). The van der Waals surface area contributed by atoms with E-state index >= 15 is 0 Å². The number of furan rings is 1. The van der Waals surface area contributed by atoms with E-state index in [1.54, 1.807) is 30.3 Å². The Kier molecular flexibility index (Phi) is 5.29. The third-order valence-corrected chi connectivity index (χ3v) is 6.17. The lowest BCUT2D eigenvalue weighted by Gasteiger charge is -2.22. The number of Topliss-reactive ketones (excluding diaryl/α,β-unsaturated/α-hetero) is 1. The Bertz CT molecular complexity index is 1090. The summed E-state index contributed by atoms with van der Waals surface area (Å²) in [6, 6.07) is 11.3. The Balaban J connectivity index is 1.83. The van der Waals surface area contributed by atoms with Gasteiger partial charge < -0.3 is 19.2 Å². The first-order chi connectivity index (χ1) is 14.0.